The molecule has 1 aliphatic carbocycles. The van der Waals surface area contributed by atoms with Crippen LogP contribution in [0.5, 0.6) is 0 Å². The van der Waals surface area contributed by atoms with E-state index in [2.05, 4.69) is 18.9 Å². The lowest BCUT2D eigenvalue weighted by molar-refractivity contribution is -0.145. The molecule has 0 amide bonds. The second-order valence-corrected chi connectivity index (χ2v) is 5.62. The molecule has 0 aliphatic heterocycles. The number of halogens is 3. The van der Waals surface area contributed by atoms with Crippen LogP contribution in [0.4, 0.5) is 13.2 Å². The van der Waals surface area contributed by atoms with Gasteiger partial charge in [0.1, 0.15) is 0 Å². The summed E-state index contributed by atoms with van der Waals surface area (Å²) < 4.78 is 40.3. The number of carbonyl (C=O) groups is 1. The first kappa shape index (κ1) is 15.1. The van der Waals surface area contributed by atoms with E-state index in [1.54, 1.807) is 0 Å². The summed E-state index contributed by atoms with van der Waals surface area (Å²) in [6.07, 6.45) is 0.0412. The SMILES string of the molecule is CCC1CC[C@H](n2ncc(C=O)c2C(F)(F)F)CC1C. The Labute approximate surface area is 116 Å². The largest absolute Gasteiger partial charge is 0.433 e. The topological polar surface area (TPSA) is 34.9 Å². The Kier molecular flexibility index (Phi) is 4.20. The molecule has 1 aliphatic rings. The van der Waals surface area contributed by atoms with Crippen molar-refractivity contribution in [1.82, 2.24) is 9.78 Å². The molecule has 1 aromatic rings. The third-order valence-corrected chi connectivity index (χ3v) is 4.41. The van der Waals surface area contributed by atoms with Crippen LogP contribution < -0.4 is 0 Å². The molecule has 1 saturated carbocycles. The molecule has 0 N–H and O–H groups in total. The number of nitrogens with zero attached hydrogens (tertiary/aromatic N) is 2. The van der Waals surface area contributed by atoms with Crippen LogP contribution in [-0.2, 0) is 6.18 Å². The molecule has 3 atom stereocenters. The normalized spacial score (nSPS) is 27.6. The van der Waals surface area contributed by atoms with E-state index in [4.69, 9.17) is 0 Å². The number of aromatic nitrogens is 2. The fourth-order valence-electron chi connectivity index (χ4n) is 3.29. The van der Waals surface area contributed by atoms with Crippen LogP contribution in [0.25, 0.3) is 0 Å². The first-order valence-electron chi connectivity index (χ1n) is 6.98. The molecular formula is C14H19F3N2O. The molecule has 0 spiro atoms. The van der Waals surface area contributed by atoms with E-state index >= 15 is 0 Å². The van der Waals surface area contributed by atoms with Gasteiger partial charge in [0, 0.05) is 0 Å². The summed E-state index contributed by atoms with van der Waals surface area (Å²) >= 11 is 0. The second-order valence-electron chi connectivity index (χ2n) is 5.62. The lowest BCUT2D eigenvalue weighted by Gasteiger charge is -2.34. The van der Waals surface area contributed by atoms with Crippen molar-refractivity contribution in [2.45, 2.75) is 51.7 Å². The van der Waals surface area contributed by atoms with Crippen LogP contribution in [0.1, 0.15) is 61.6 Å². The predicted octanol–water partition coefficient (Wildman–Crippen LogP) is 4.10. The fraction of sp³-hybridized carbons (Fsp3) is 0.714. The Balaban J connectivity index is 2.30. The van der Waals surface area contributed by atoms with E-state index in [1.807, 2.05) is 0 Å². The molecule has 1 aromatic heterocycles. The van der Waals surface area contributed by atoms with E-state index in [9.17, 15) is 18.0 Å². The minimum atomic E-state index is -4.54. The van der Waals surface area contributed by atoms with Gasteiger partial charge < -0.3 is 0 Å². The summed E-state index contributed by atoms with van der Waals surface area (Å²) in [4.78, 5) is 10.8. The fourth-order valence-corrected chi connectivity index (χ4v) is 3.29. The molecule has 0 aromatic carbocycles. The first-order valence-corrected chi connectivity index (χ1v) is 6.98. The predicted molar refractivity (Wildman–Crippen MR) is 68.4 cm³/mol. The molecule has 3 nitrogen and oxygen atoms in total. The zero-order chi connectivity index (χ0) is 14.9. The third-order valence-electron chi connectivity index (χ3n) is 4.41. The average Bonchev–Trinajstić information content (AvgIpc) is 2.82. The van der Waals surface area contributed by atoms with Gasteiger partial charge in [0.05, 0.1) is 17.8 Å². The summed E-state index contributed by atoms with van der Waals surface area (Å²) in [6, 6.07) is -0.266. The average molecular weight is 288 g/mol. The Bertz CT molecular complexity index is 481. The van der Waals surface area contributed by atoms with Crippen molar-refractivity contribution in [2.75, 3.05) is 0 Å². The molecular weight excluding hydrogens is 269 g/mol. The summed E-state index contributed by atoms with van der Waals surface area (Å²) in [5.41, 5.74) is -1.28. The van der Waals surface area contributed by atoms with Crippen LogP contribution in [-0.4, -0.2) is 16.1 Å². The van der Waals surface area contributed by atoms with Gasteiger partial charge in [-0.05, 0) is 31.1 Å². The lowest BCUT2D eigenvalue weighted by Crippen LogP contribution is -2.28. The Morgan fingerprint density at radius 1 is 1.45 bits per heavy atom. The molecule has 6 heteroatoms. The summed E-state index contributed by atoms with van der Waals surface area (Å²) in [5, 5.41) is 3.83. The molecule has 0 saturated heterocycles. The van der Waals surface area contributed by atoms with E-state index in [1.165, 1.54) is 0 Å². The summed E-state index contributed by atoms with van der Waals surface area (Å²) in [5.74, 6) is 0.949. The molecule has 1 fully saturated rings. The maximum Gasteiger partial charge on any atom is 0.433 e. The summed E-state index contributed by atoms with van der Waals surface area (Å²) in [7, 11) is 0. The minimum Gasteiger partial charge on any atom is -0.298 e. The van der Waals surface area contributed by atoms with E-state index in [-0.39, 0.29) is 17.9 Å². The molecule has 2 unspecified atom stereocenters. The highest BCUT2D eigenvalue weighted by Gasteiger charge is 2.40. The zero-order valence-electron chi connectivity index (χ0n) is 11.7. The van der Waals surface area contributed by atoms with E-state index in [0.717, 1.165) is 23.7 Å². The number of aldehydes is 1. The van der Waals surface area contributed by atoms with Gasteiger partial charge in [-0.2, -0.15) is 18.3 Å². The van der Waals surface area contributed by atoms with Crippen molar-refractivity contribution in [2.24, 2.45) is 11.8 Å². The number of carbonyl (C=O) groups excluding carboxylic acids is 1. The van der Waals surface area contributed by atoms with Crippen molar-refractivity contribution in [3.05, 3.63) is 17.5 Å². The molecule has 2 rings (SSSR count). The van der Waals surface area contributed by atoms with Crippen LogP contribution >= 0.6 is 0 Å². The Morgan fingerprint density at radius 2 is 2.15 bits per heavy atom. The molecule has 1 heterocycles. The van der Waals surface area contributed by atoms with Crippen molar-refractivity contribution in [3.63, 3.8) is 0 Å². The second kappa shape index (κ2) is 5.58. The van der Waals surface area contributed by atoms with Gasteiger partial charge >= 0.3 is 6.18 Å². The maximum atomic E-state index is 13.1. The smallest absolute Gasteiger partial charge is 0.298 e. The van der Waals surface area contributed by atoms with Gasteiger partial charge in [0.25, 0.3) is 0 Å². The number of hydrogen-bond acceptors (Lipinski definition) is 2. The summed E-state index contributed by atoms with van der Waals surface area (Å²) in [6.45, 7) is 4.19. The minimum absolute atomic E-state index is 0.230. The standard InChI is InChI=1S/C14H19F3N2O/c1-3-10-4-5-12(6-9(10)2)19-13(14(15,16)17)11(8-20)7-18-19/h7-10,12H,3-6H2,1-2H3/t9?,10?,12-/m0/s1. The molecule has 20 heavy (non-hydrogen) atoms. The lowest BCUT2D eigenvalue weighted by atomic mass is 9.76. The van der Waals surface area contributed by atoms with Gasteiger partial charge in [0.15, 0.2) is 12.0 Å². The highest BCUT2D eigenvalue weighted by atomic mass is 19.4. The van der Waals surface area contributed by atoms with Gasteiger partial charge in [-0.3, -0.25) is 9.48 Å². The third kappa shape index (κ3) is 2.74. The van der Waals surface area contributed by atoms with Gasteiger partial charge in [-0.1, -0.05) is 20.3 Å². The number of hydrogen-bond donors (Lipinski definition) is 0. The number of rotatable bonds is 3. The van der Waals surface area contributed by atoms with Gasteiger partial charge in [-0.15, -0.1) is 0 Å². The van der Waals surface area contributed by atoms with Crippen molar-refractivity contribution >= 4 is 6.29 Å². The molecule has 0 bridgehead atoms. The van der Waals surface area contributed by atoms with Crippen LogP contribution in [0.3, 0.4) is 0 Å². The van der Waals surface area contributed by atoms with Gasteiger partial charge in [0.2, 0.25) is 0 Å². The van der Waals surface area contributed by atoms with Crippen molar-refractivity contribution in [1.29, 1.82) is 0 Å². The number of alkyl halides is 3. The van der Waals surface area contributed by atoms with E-state index in [0.29, 0.717) is 24.7 Å². The highest BCUT2D eigenvalue weighted by Crippen LogP contribution is 2.41. The maximum absolute atomic E-state index is 13.1. The monoisotopic (exact) mass is 288 g/mol. The first-order chi connectivity index (χ1) is 9.38. The van der Waals surface area contributed by atoms with Crippen LogP contribution in [0, 0.1) is 11.8 Å². The van der Waals surface area contributed by atoms with Crippen molar-refractivity contribution in [3.8, 4) is 0 Å². The van der Waals surface area contributed by atoms with Crippen LogP contribution in [0.15, 0.2) is 6.20 Å². The van der Waals surface area contributed by atoms with Gasteiger partial charge in [-0.25, -0.2) is 0 Å². The van der Waals surface area contributed by atoms with Crippen LogP contribution in [0.2, 0.25) is 0 Å². The molecule has 112 valence electrons. The van der Waals surface area contributed by atoms with E-state index < -0.39 is 11.9 Å². The molecule has 0 radical (unpaired) electrons. The van der Waals surface area contributed by atoms with Crippen molar-refractivity contribution < 1.29 is 18.0 Å². The quantitative estimate of drug-likeness (QED) is 0.785. The highest BCUT2D eigenvalue weighted by molar-refractivity contribution is 5.76. The zero-order valence-corrected chi connectivity index (χ0v) is 11.7. The Hall–Kier alpha value is -1.33. The Morgan fingerprint density at radius 3 is 2.65 bits per heavy atom.